The summed E-state index contributed by atoms with van der Waals surface area (Å²) in [6.07, 6.45) is -1.41. The monoisotopic (exact) mass is 467 g/mol. The molecular formula is C25H23ClFN3O3. The van der Waals surface area contributed by atoms with Crippen LogP contribution in [0.2, 0.25) is 5.02 Å². The van der Waals surface area contributed by atoms with Crippen molar-refractivity contribution in [3.05, 3.63) is 81.1 Å². The molecule has 1 aliphatic heterocycles. The number of primary amides is 1. The molecule has 0 saturated carbocycles. The zero-order chi connectivity index (χ0) is 24.2. The van der Waals surface area contributed by atoms with Gasteiger partial charge in [-0.2, -0.15) is 0 Å². The van der Waals surface area contributed by atoms with Gasteiger partial charge in [-0.1, -0.05) is 29.8 Å². The third-order valence-corrected chi connectivity index (χ3v) is 6.62. The van der Waals surface area contributed by atoms with Crippen molar-refractivity contribution in [3.8, 4) is 11.1 Å². The van der Waals surface area contributed by atoms with Crippen molar-refractivity contribution in [1.82, 2.24) is 0 Å². The lowest BCUT2D eigenvalue weighted by molar-refractivity contribution is 0.0863. The van der Waals surface area contributed by atoms with Gasteiger partial charge in [-0.05, 0) is 67.3 Å². The Morgan fingerprint density at radius 1 is 1.06 bits per heavy atom. The van der Waals surface area contributed by atoms with Gasteiger partial charge < -0.3 is 15.7 Å². The molecule has 0 aliphatic carbocycles. The minimum Gasteiger partial charge on any atom is -0.366 e. The molecule has 0 fully saturated rings. The van der Waals surface area contributed by atoms with Crippen LogP contribution < -0.4 is 15.5 Å². The number of fused-ring (bicyclic) bond motifs is 1. The number of benzene rings is 3. The van der Waals surface area contributed by atoms with Crippen LogP contribution in [-0.2, 0) is 0 Å². The van der Waals surface area contributed by atoms with Gasteiger partial charge in [-0.15, -0.1) is 0 Å². The van der Waals surface area contributed by atoms with E-state index in [-0.39, 0.29) is 11.3 Å². The molecule has 1 heterocycles. The van der Waals surface area contributed by atoms with Gasteiger partial charge in [0.15, 0.2) is 0 Å². The van der Waals surface area contributed by atoms with E-state index in [0.717, 1.165) is 11.1 Å². The molecule has 4 rings (SSSR count). The molecule has 1 aliphatic rings. The number of rotatable bonds is 3. The number of hydrogen-bond acceptors (Lipinski definition) is 4. The maximum absolute atomic E-state index is 14.4. The molecule has 1 unspecified atom stereocenters. The van der Waals surface area contributed by atoms with Crippen molar-refractivity contribution in [1.29, 1.82) is 0 Å². The first-order chi connectivity index (χ1) is 15.6. The van der Waals surface area contributed by atoms with Crippen LogP contribution in [0.5, 0.6) is 0 Å². The minimum absolute atomic E-state index is 0.0524. The van der Waals surface area contributed by atoms with Gasteiger partial charge in [0.2, 0.25) is 12.3 Å². The average molecular weight is 468 g/mol. The second kappa shape index (κ2) is 8.17. The molecule has 3 aromatic carbocycles. The zero-order valence-corrected chi connectivity index (χ0v) is 19.4. The predicted octanol–water partition coefficient (Wildman–Crippen LogP) is 4.54. The number of para-hydroxylation sites is 1. The first-order valence-corrected chi connectivity index (χ1v) is 10.7. The number of anilines is 2. The van der Waals surface area contributed by atoms with Crippen LogP contribution in [0.15, 0.2) is 42.5 Å². The average Bonchev–Trinajstić information content (AvgIpc) is 2.76. The van der Waals surface area contributed by atoms with Gasteiger partial charge in [0.05, 0.1) is 16.9 Å². The van der Waals surface area contributed by atoms with Gasteiger partial charge in [0, 0.05) is 23.2 Å². The Bertz CT molecular complexity index is 1320. The van der Waals surface area contributed by atoms with Crippen molar-refractivity contribution in [2.75, 3.05) is 16.8 Å². The van der Waals surface area contributed by atoms with Crippen LogP contribution in [-0.4, -0.2) is 30.3 Å². The van der Waals surface area contributed by atoms with E-state index in [4.69, 9.17) is 17.3 Å². The van der Waals surface area contributed by atoms with E-state index in [9.17, 15) is 19.1 Å². The van der Waals surface area contributed by atoms with Crippen LogP contribution in [0.25, 0.3) is 11.1 Å². The van der Waals surface area contributed by atoms with Crippen molar-refractivity contribution in [2.24, 2.45) is 5.73 Å². The number of aliphatic hydroxyl groups is 1. The van der Waals surface area contributed by atoms with Gasteiger partial charge in [-0.25, -0.2) is 4.39 Å². The molecule has 3 N–H and O–H groups in total. The Hall–Kier alpha value is -3.42. The Morgan fingerprint density at radius 2 is 1.70 bits per heavy atom. The van der Waals surface area contributed by atoms with E-state index in [1.165, 1.54) is 35.0 Å². The normalized spacial score (nSPS) is 15.6. The first kappa shape index (κ1) is 22.8. The number of aliphatic hydroxyl groups excluding tert-OH is 1. The fourth-order valence-corrected chi connectivity index (χ4v) is 4.77. The molecule has 0 saturated heterocycles. The molecule has 0 bridgehead atoms. The number of carbonyl (C=O) groups is 2. The molecule has 6 nitrogen and oxygen atoms in total. The number of hydrogen-bond donors (Lipinski definition) is 2. The van der Waals surface area contributed by atoms with Crippen LogP contribution >= 0.6 is 11.6 Å². The molecule has 2 amide bonds. The van der Waals surface area contributed by atoms with Gasteiger partial charge in [-0.3, -0.25) is 14.5 Å². The fourth-order valence-electron chi connectivity index (χ4n) is 4.42. The highest BCUT2D eigenvalue weighted by Crippen LogP contribution is 2.41. The van der Waals surface area contributed by atoms with Crippen LogP contribution in [0.1, 0.15) is 37.4 Å². The second-order valence-corrected chi connectivity index (χ2v) is 8.52. The fraction of sp³-hybridized carbons (Fsp3) is 0.200. The Labute approximate surface area is 196 Å². The van der Waals surface area contributed by atoms with Gasteiger partial charge in [0.1, 0.15) is 5.82 Å². The molecule has 8 heteroatoms. The summed E-state index contributed by atoms with van der Waals surface area (Å²) >= 11 is 6.57. The number of halogens is 2. The highest BCUT2D eigenvalue weighted by Gasteiger charge is 2.38. The van der Waals surface area contributed by atoms with E-state index in [1.54, 1.807) is 25.1 Å². The van der Waals surface area contributed by atoms with Crippen LogP contribution in [0, 0.1) is 26.6 Å². The molecule has 0 aromatic heterocycles. The predicted molar refractivity (Wildman–Crippen MR) is 127 cm³/mol. The standard InChI is InChI=1S/C25H23ClFN3O3/c1-12-13(2)21(18(26)11-17(12)23(28)31)15-7-6-10-20(14(15)3)30-24(32)16-8-5-9-19(27)22(16)29(4)25(30)33/h5-11,25,33H,1-4H3,(H2,28,31). The highest BCUT2D eigenvalue weighted by molar-refractivity contribution is 6.34. The lowest BCUT2D eigenvalue weighted by Crippen LogP contribution is -2.54. The minimum atomic E-state index is -1.41. The quantitative estimate of drug-likeness (QED) is 0.592. The SMILES string of the molecule is Cc1c(-c2c(Cl)cc(C(N)=O)c(C)c2C)cccc1N1C(=O)c2cccc(F)c2N(C)C1O. The van der Waals surface area contributed by atoms with Crippen molar-refractivity contribution in [3.63, 3.8) is 0 Å². The van der Waals surface area contributed by atoms with E-state index in [1.807, 2.05) is 19.9 Å². The summed E-state index contributed by atoms with van der Waals surface area (Å²) in [4.78, 5) is 27.7. The Balaban J connectivity index is 1.90. The molecule has 170 valence electrons. The number of nitrogens with zero attached hydrogens (tertiary/aromatic N) is 2. The van der Waals surface area contributed by atoms with Gasteiger partial charge >= 0.3 is 0 Å². The van der Waals surface area contributed by atoms with Crippen LogP contribution in [0.4, 0.5) is 15.8 Å². The molecular weight excluding hydrogens is 445 g/mol. The molecule has 1 atom stereocenters. The Kier molecular flexibility index (Phi) is 5.64. The number of nitrogens with two attached hydrogens (primary N) is 1. The lowest BCUT2D eigenvalue weighted by atomic mass is 9.90. The summed E-state index contributed by atoms with van der Waals surface area (Å²) < 4.78 is 14.4. The third-order valence-electron chi connectivity index (χ3n) is 6.32. The maximum atomic E-state index is 14.4. The number of carbonyl (C=O) groups excluding carboxylic acids is 2. The molecule has 0 radical (unpaired) electrons. The topological polar surface area (TPSA) is 86.9 Å². The largest absolute Gasteiger partial charge is 0.366 e. The lowest BCUT2D eigenvalue weighted by Gasteiger charge is -2.41. The Morgan fingerprint density at radius 3 is 2.36 bits per heavy atom. The summed E-state index contributed by atoms with van der Waals surface area (Å²) in [7, 11) is 1.53. The van der Waals surface area contributed by atoms with Gasteiger partial charge in [0.25, 0.3) is 5.91 Å². The molecule has 3 aromatic rings. The highest BCUT2D eigenvalue weighted by atomic mass is 35.5. The smallest absolute Gasteiger partial charge is 0.264 e. The second-order valence-electron chi connectivity index (χ2n) is 8.11. The number of amides is 2. The van der Waals surface area contributed by atoms with Crippen molar-refractivity contribution in [2.45, 2.75) is 27.1 Å². The van der Waals surface area contributed by atoms with Crippen molar-refractivity contribution < 1.29 is 19.1 Å². The molecule has 33 heavy (non-hydrogen) atoms. The maximum Gasteiger partial charge on any atom is 0.264 e. The van der Waals surface area contributed by atoms with E-state index in [2.05, 4.69) is 0 Å². The summed E-state index contributed by atoms with van der Waals surface area (Å²) in [5, 5.41) is 11.3. The zero-order valence-electron chi connectivity index (χ0n) is 18.6. The summed E-state index contributed by atoms with van der Waals surface area (Å²) in [6.45, 7) is 5.47. The van der Waals surface area contributed by atoms with E-state index in [0.29, 0.717) is 33.0 Å². The van der Waals surface area contributed by atoms with E-state index < -0.39 is 24.0 Å². The first-order valence-electron chi connectivity index (χ1n) is 10.3. The summed E-state index contributed by atoms with van der Waals surface area (Å²) in [6, 6.07) is 11.1. The van der Waals surface area contributed by atoms with E-state index >= 15 is 0 Å². The molecule has 0 spiro atoms. The summed E-state index contributed by atoms with van der Waals surface area (Å²) in [5.74, 6) is -1.66. The third kappa shape index (κ3) is 3.44. The summed E-state index contributed by atoms with van der Waals surface area (Å²) in [5.41, 5.74) is 10.1. The van der Waals surface area contributed by atoms with Crippen molar-refractivity contribution >= 4 is 34.8 Å². The van der Waals surface area contributed by atoms with Crippen LogP contribution in [0.3, 0.4) is 0 Å².